The fraction of sp³-hybridized carbons (Fsp3) is 0.600. The van der Waals surface area contributed by atoms with Crippen LogP contribution in [0.25, 0.3) is 0 Å². The van der Waals surface area contributed by atoms with Crippen LogP contribution in [0, 0.1) is 0 Å². The van der Waals surface area contributed by atoms with Gasteiger partial charge in [-0.3, -0.25) is 0 Å². The summed E-state index contributed by atoms with van der Waals surface area (Å²) in [5, 5.41) is 0. The van der Waals surface area contributed by atoms with Crippen LogP contribution in [0.2, 0.25) is 0 Å². The van der Waals surface area contributed by atoms with Crippen molar-refractivity contribution in [1.29, 1.82) is 0 Å². The molecule has 2 heteroatoms. The Kier molecular flexibility index (Phi) is 7.35. The molecule has 1 aromatic carbocycles. The minimum atomic E-state index is 0.503. The molecule has 0 amide bonds. The van der Waals surface area contributed by atoms with Crippen molar-refractivity contribution in [3.8, 4) is 0 Å². The third-order valence-corrected chi connectivity index (χ3v) is 4.49. The van der Waals surface area contributed by atoms with Gasteiger partial charge < -0.3 is 9.80 Å². The van der Waals surface area contributed by atoms with Crippen molar-refractivity contribution in [1.82, 2.24) is 4.90 Å². The van der Waals surface area contributed by atoms with E-state index in [9.17, 15) is 0 Å². The summed E-state index contributed by atoms with van der Waals surface area (Å²) in [4.78, 5) is 4.97. The van der Waals surface area contributed by atoms with Crippen LogP contribution in [-0.4, -0.2) is 17.6 Å². The van der Waals surface area contributed by atoms with E-state index in [1.807, 2.05) is 0 Å². The minimum Gasteiger partial charge on any atom is -0.356 e. The molecule has 122 valence electrons. The first-order valence-electron chi connectivity index (χ1n) is 9.14. The van der Waals surface area contributed by atoms with E-state index in [1.54, 1.807) is 0 Å². The minimum absolute atomic E-state index is 0.503. The maximum atomic E-state index is 2.54. The van der Waals surface area contributed by atoms with Crippen molar-refractivity contribution >= 4 is 5.69 Å². The Balaban J connectivity index is 1.83. The molecule has 0 radical (unpaired) electrons. The molecule has 22 heavy (non-hydrogen) atoms. The number of rotatable bonds is 10. The van der Waals surface area contributed by atoms with Gasteiger partial charge in [-0.2, -0.15) is 0 Å². The van der Waals surface area contributed by atoms with Gasteiger partial charge in [-0.25, -0.2) is 0 Å². The number of unbranched alkanes of at least 4 members (excludes halogenated alkanes) is 5. The lowest BCUT2D eigenvalue weighted by molar-refractivity contribution is 0.277. The monoisotopic (exact) mass is 300 g/mol. The van der Waals surface area contributed by atoms with Crippen LogP contribution in [0.15, 0.2) is 42.7 Å². The molecule has 0 N–H and O–H groups in total. The maximum Gasteiger partial charge on any atom is 0.105 e. The zero-order chi connectivity index (χ0) is 15.6. The zero-order valence-corrected chi connectivity index (χ0v) is 14.4. The number of hydrogen-bond acceptors (Lipinski definition) is 2. The Labute approximate surface area is 136 Å². The first kappa shape index (κ1) is 16.9. The molecular formula is C20H32N2. The number of benzene rings is 1. The topological polar surface area (TPSA) is 6.48 Å². The second-order valence-corrected chi connectivity index (χ2v) is 6.32. The highest BCUT2D eigenvalue weighted by atomic mass is 15.4. The van der Waals surface area contributed by atoms with E-state index in [-0.39, 0.29) is 0 Å². The van der Waals surface area contributed by atoms with Crippen molar-refractivity contribution in [2.45, 2.75) is 71.4 Å². The van der Waals surface area contributed by atoms with E-state index < -0.39 is 0 Å². The summed E-state index contributed by atoms with van der Waals surface area (Å²) in [6, 6.07) is 10.8. The number of anilines is 1. The van der Waals surface area contributed by atoms with E-state index in [4.69, 9.17) is 0 Å². The highest BCUT2D eigenvalue weighted by Crippen LogP contribution is 2.27. The Bertz CT molecular complexity index is 427. The predicted octanol–water partition coefficient (Wildman–Crippen LogP) is 5.77. The molecular weight excluding hydrogens is 268 g/mol. The van der Waals surface area contributed by atoms with Crippen molar-refractivity contribution in [2.75, 3.05) is 11.4 Å². The molecule has 1 atom stereocenters. The Morgan fingerprint density at radius 3 is 2.27 bits per heavy atom. The molecule has 2 rings (SSSR count). The Hall–Kier alpha value is -1.44. The Morgan fingerprint density at radius 2 is 1.55 bits per heavy atom. The van der Waals surface area contributed by atoms with E-state index in [0.29, 0.717) is 6.17 Å². The molecule has 2 nitrogen and oxygen atoms in total. The summed E-state index contributed by atoms with van der Waals surface area (Å²) >= 11 is 0. The summed E-state index contributed by atoms with van der Waals surface area (Å²) < 4.78 is 0. The molecule has 0 aliphatic carbocycles. The number of nitrogens with zero attached hydrogens (tertiary/aromatic N) is 2. The lowest BCUT2D eigenvalue weighted by Crippen LogP contribution is -2.39. The fourth-order valence-electron chi connectivity index (χ4n) is 3.24. The fourth-order valence-corrected chi connectivity index (χ4v) is 3.24. The lowest BCUT2D eigenvalue weighted by atomic mass is 10.1. The summed E-state index contributed by atoms with van der Waals surface area (Å²) in [6.45, 7) is 5.75. The highest BCUT2D eigenvalue weighted by Gasteiger charge is 2.25. The van der Waals surface area contributed by atoms with Crippen molar-refractivity contribution in [3.05, 3.63) is 42.7 Å². The van der Waals surface area contributed by atoms with Gasteiger partial charge in [-0.15, -0.1) is 0 Å². The molecule has 1 unspecified atom stereocenters. The van der Waals surface area contributed by atoms with Crippen LogP contribution in [0.4, 0.5) is 5.69 Å². The maximum absolute atomic E-state index is 2.54. The lowest BCUT2D eigenvalue weighted by Gasteiger charge is -2.32. The number of para-hydroxylation sites is 1. The van der Waals surface area contributed by atoms with Gasteiger partial charge in [0.05, 0.1) is 0 Å². The van der Waals surface area contributed by atoms with Crippen LogP contribution in [0.5, 0.6) is 0 Å². The molecule has 0 bridgehead atoms. The van der Waals surface area contributed by atoms with E-state index in [0.717, 1.165) is 0 Å². The summed E-state index contributed by atoms with van der Waals surface area (Å²) in [6.07, 6.45) is 15.7. The van der Waals surface area contributed by atoms with Gasteiger partial charge in [0.1, 0.15) is 6.17 Å². The third-order valence-electron chi connectivity index (χ3n) is 4.49. The van der Waals surface area contributed by atoms with E-state index in [1.165, 1.54) is 63.6 Å². The summed E-state index contributed by atoms with van der Waals surface area (Å²) in [5.41, 5.74) is 1.31. The normalized spacial score (nSPS) is 17.5. The molecule has 1 aliphatic rings. The Morgan fingerprint density at radius 1 is 0.818 bits per heavy atom. The largest absolute Gasteiger partial charge is 0.356 e. The second kappa shape index (κ2) is 9.55. The quantitative estimate of drug-likeness (QED) is 0.506. The van der Waals surface area contributed by atoms with Gasteiger partial charge in [0, 0.05) is 24.6 Å². The SMILES string of the molecule is CCCCCCCCN1C=CN(c2ccccc2)C1CCC. The standard InChI is InChI=1S/C20H32N2/c1-3-5-6-7-8-12-16-21-17-18-22(20(21)13-4-2)19-14-10-9-11-15-19/h9-11,14-15,17-18,20H,3-8,12-13,16H2,1-2H3. The van der Waals surface area contributed by atoms with Crippen molar-refractivity contribution in [3.63, 3.8) is 0 Å². The second-order valence-electron chi connectivity index (χ2n) is 6.32. The van der Waals surface area contributed by atoms with Gasteiger partial charge in [0.2, 0.25) is 0 Å². The van der Waals surface area contributed by atoms with Crippen LogP contribution < -0.4 is 4.90 Å². The van der Waals surface area contributed by atoms with Gasteiger partial charge in [0.15, 0.2) is 0 Å². The molecule has 0 fully saturated rings. The molecule has 0 spiro atoms. The van der Waals surface area contributed by atoms with E-state index >= 15 is 0 Å². The molecule has 1 aliphatic heterocycles. The van der Waals surface area contributed by atoms with Crippen LogP contribution in [0.3, 0.4) is 0 Å². The van der Waals surface area contributed by atoms with Gasteiger partial charge in [0.25, 0.3) is 0 Å². The van der Waals surface area contributed by atoms with Gasteiger partial charge in [-0.1, -0.05) is 70.6 Å². The molecule has 0 saturated carbocycles. The van der Waals surface area contributed by atoms with Crippen molar-refractivity contribution < 1.29 is 0 Å². The molecule has 1 heterocycles. The van der Waals surface area contributed by atoms with Gasteiger partial charge in [-0.05, 0) is 25.0 Å². The van der Waals surface area contributed by atoms with Crippen LogP contribution in [0.1, 0.15) is 65.2 Å². The molecule has 0 saturated heterocycles. The molecule has 1 aromatic rings. The highest BCUT2D eigenvalue weighted by molar-refractivity contribution is 5.51. The number of hydrogen-bond donors (Lipinski definition) is 0. The average Bonchev–Trinajstić information content (AvgIpc) is 2.95. The smallest absolute Gasteiger partial charge is 0.105 e. The first-order valence-corrected chi connectivity index (χ1v) is 9.14. The average molecular weight is 300 g/mol. The van der Waals surface area contributed by atoms with Gasteiger partial charge >= 0.3 is 0 Å². The molecule has 0 aromatic heterocycles. The summed E-state index contributed by atoms with van der Waals surface area (Å²) in [7, 11) is 0. The van der Waals surface area contributed by atoms with E-state index in [2.05, 4.69) is 66.4 Å². The summed E-state index contributed by atoms with van der Waals surface area (Å²) in [5.74, 6) is 0. The van der Waals surface area contributed by atoms with Crippen LogP contribution >= 0.6 is 0 Å². The van der Waals surface area contributed by atoms with Crippen LogP contribution in [-0.2, 0) is 0 Å². The predicted molar refractivity (Wildman–Crippen MR) is 96.8 cm³/mol. The first-order chi connectivity index (χ1) is 10.9. The van der Waals surface area contributed by atoms with Crippen molar-refractivity contribution in [2.24, 2.45) is 0 Å². The zero-order valence-electron chi connectivity index (χ0n) is 14.4. The third kappa shape index (κ3) is 4.79.